The van der Waals surface area contributed by atoms with Gasteiger partial charge in [-0.3, -0.25) is 4.79 Å². The normalized spacial score (nSPS) is 10.4. The van der Waals surface area contributed by atoms with E-state index in [1.165, 1.54) is 0 Å². The van der Waals surface area contributed by atoms with E-state index in [2.05, 4.69) is 0 Å². The van der Waals surface area contributed by atoms with Crippen LogP contribution < -0.4 is 5.73 Å². The lowest BCUT2D eigenvalue weighted by atomic mass is 10.1. The number of hydrogen-bond acceptors (Lipinski definition) is 4. The summed E-state index contributed by atoms with van der Waals surface area (Å²) >= 11 is 0. The molecule has 0 aromatic heterocycles. The lowest BCUT2D eigenvalue weighted by Crippen LogP contribution is -2.38. The number of carbonyl (C=O) groups is 1. The van der Waals surface area contributed by atoms with Gasteiger partial charge in [0.2, 0.25) is 0 Å². The number of phenols is 1. The zero-order valence-electron chi connectivity index (χ0n) is 10.8. The van der Waals surface area contributed by atoms with Crippen molar-refractivity contribution in [3.05, 3.63) is 29.3 Å². The predicted molar refractivity (Wildman–Crippen MR) is 69.7 cm³/mol. The lowest BCUT2D eigenvalue weighted by Gasteiger charge is -2.22. The molecule has 0 aliphatic rings. The number of aromatic hydroxyl groups is 1. The smallest absolute Gasteiger partial charge is 0.254 e. The number of phenolic OH excluding ortho intramolecular Hbond substituents is 1. The molecule has 0 aliphatic heterocycles. The maximum atomic E-state index is 12.3. The summed E-state index contributed by atoms with van der Waals surface area (Å²) in [6, 6.07) is 4.93. The minimum absolute atomic E-state index is 0.125. The summed E-state index contributed by atoms with van der Waals surface area (Å²) in [5, 5.41) is 9.62. The molecule has 1 rings (SSSR count). The monoisotopic (exact) mass is 252 g/mol. The number of methoxy groups -OCH3 is 1. The van der Waals surface area contributed by atoms with E-state index in [-0.39, 0.29) is 11.7 Å². The lowest BCUT2D eigenvalue weighted by molar-refractivity contribution is 0.0700. The van der Waals surface area contributed by atoms with Gasteiger partial charge in [0, 0.05) is 37.9 Å². The van der Waals surface area contributed by atoms with E-state index in [4.69, 9.17) is 10.5 Å². The van der Waals surface area contributed by atoms with E-state index < -0.39 is 0 Å². The average molecular weight is 252 g/mol. The van der Waals surface area contributed by atoms with Crippen LogP contribution in [0.2, 0.25) is 0 Å². The second kappa shape index (κ2) is 6.98. The molecule has 0 unspecified atom stereocenters. The molecule has 0 saturated heterocycles. The van der Waals surface area contributed by atoms with Crippen molar-refractivity contribution in [1.82, 2.24) is 4.90 Å². The van der Waals surface area contributed by atoms with Crippen molar-refractivity contribution in [2.75, 3.05) is 33.4 Å². The summed E-state index contributed by atoms with van der Waals surface area (Å²) < 4.78 is 4.97. The standard InChI is InChI=1S/C13H20N2O3/c1-10-11(4-3-5-12(10)16)13(17)15(7-6-14)8-9-18-2/h3-5,16H,6-9,14H2,1-2H3. The highest BCUT2D eigenvalue weighted by Crippen LogP contribution is 2.20. The Kier molecular flexibility index (Phi) is 5.61. The molecule has 0 atom stereocenters. The number of hydrogen-bond donors (Lipinski definition) is 2. The zero-order chi connectivity index (χ0) is 13.5. The average Bonchev–Trinajstić information content (AvgIpc) is 2.37. The van der Waals surface area contributed by atoms with Crippen molar-refractivity contribution >= 4 is 5.91 Å². The molecular weight excluding hydrogens is 232 g/mol. The molecule has 5 heteroatoms. The quantitative estimate of drug-likeness (QED) is 0.783. The van der Waals surface area contributed by atoms with Crippen molar-refractivity contribution < 1.29 is 14.6 Å². The SMILES string of the molecule is COCCN(CCN)C(=O)c1cccc(O)c1C. The van der Waals surface area contributed by atoms with Crippen LogP contribution in [0.25, 0.3) is 0 Å². The van der Waals surface area contributed by atoms with Gasteiger partial charge >= 0.3 is 0 Å². The first-order valence-corrected chi connectivity index (χ1v) is 5.88. The minimum Gasteiger partial charge on any atom is -0.508 e. The third-order valence-electron chi connectivity index (χ3n) is 2.79. The number of nitrogens with two attached hydrogens (primary N) is 1. The van der Waals surface area contributed by atoms with E-state index in [9.17, 15) is 9.90 Å². The highest BCUT2D eigenvalue weighted by Gasteiger charge is 2.17. The van der Waals surface area contributed by atoms with Gasteiger partial charge in [-0.25, -0.2) is 0 Å². The van der Waals surface area contributed by atoms with E-state index in [0.717, 1.165) is 0 Å². The largest absolute Gasteiger partial charge is 0.508 e. The van der Waals surface area contributed by atoms with Crippen LogP contribution in [0.1, 0.15) is 15.9 Å². The fourth-order valence-electron chi connectivity index (χ4n) is 1.70. The Morgan fingerprint density at radius 1 is 1.44 bits per heavy atom. The third kappa shape index (κ3) is 3.45. The molecule has 100 valence electrons. The maximum absolute atomic E-state index is 12.3. The van der Waals surface area contributed by atoms with Crippen molar-refractivity contribution in [3.8, 4) is 5.75 Å². The van der Waals surface area contributed by atoms with Gasteiger partial charge in [0.05, 0.1) is 6.61 Å². The Bertz CT molecular complexity index is 407. The Balaban J connectivity index is 2.90. The van der Waals surface area contributed by atoms with Gasteiger partial charge in [0.25, 0.3) is 5.91 Å². The Morgan fingerprint density at radius 3 is 2.78 bits per heavy atom. The summed E-state index contributed by atoms with van der Waals surface area (Å²) in [7, 11) is 1.59. The van der Waals surface area contributed by atoms with Crippen LogP contribution >= 0.6 is 0 Å². The van der Waals surface area contributed by atoms with Crippen LogP contribution in [0, 0.1) is 6.92 Å². The number of nitrogens with zero attached hydrogens (tertiary/aromatic N) is 1. The molecule has 5 nitrogen and oxygen atoms in total. The van der Waals surface area contributed by atoms with E-state index in [1.807, 2.05) is 0 Å². The van der Waals surface area contributed by atoms with Crippen molar-refractivity contribution in [3.63, 3.8) is 0 Å². The summed E-state index contributed by atoms with van der Waals surface area (Å²) in [6.45, 7) is 3.54. The van der Waals surface area contributed by atoms with Gasteiger partial charge < -0.3 is 20.5 Å². The van der Waals surface area contributed by atoms with Crippen molar-refractivity contribution in [2.24, 2.45) is 5.73 Å². The van der Waals surface area contributed by atoms with Crippen LogP contribution in [0.4, 0.5) is 0 Å². The van der Waals surface area contributed by atoms with Gasteiger partial charge in [0.1, 0.15) is 5.75 Å². The molecule has 0 saturated carbocycles. The van der Waals surface area contributed by atoms with E-state index in [1.54, 1.807) is 37.1 Å². The molecule has 0 spiro atoms. The highest BCUT2D eigenvalue weighted by molar-refractivity contribution is 5.96. The summed E-state index contributed by atoms with van der Waals surface area (Å²) in [5.41, 5.74) is 6.59. The minimum atomic E-state index is -0.133. The second-order valence-electron chi connectivity index (χ2n) is 4.02. The molecule has 1 amide bonds. The van der Waals surface area contributed by atoms with Crippen LogP contribution in [0.3, 0.4) is 0 Å². The fourth-order valence-corrected chi connectivity index (χ4v) is 1.70. The van der Waals surface area contributed by atoms with Crippen LogP contribution in [0.5, 0.6) is 5.75 Å². The molecule has 0 heterocycles. The molecule has 18 heavy (non-hydrogen) atoms. The van der Waals surface area contributed by atoms with Gasteiger partial charge in [-0.2, -0.15) is 0 Å². The van der Waals surface area contributed by atoms with Crippen LogP contribution in [-0.4, -0.2) is 49.3 Å². The highest BCUT2D eigenvalue weighted by atomic mass is 16.5. The van der Waals surface area contributed by atoms with Gasteiger partial charge in [0.15, 0.2) is 0 Å². The van der Waals surface area contributed by atoms with Crippen LogP contribution in [0.15, 0.2) is 18.2 Å². The molecule has 0 bridgehead atoms. The second-order valence-corrected chi connectivity index (χ2v) is 4.02. The van der Waals surface area contributed by atoms with Crippen molar-refractivity contribution in [2.45, 2.75) is 6.92 Å². The first kappa shape index (κ1) is 14.5. The molecule has 3 N–H and O–H groups in total. The van der Waals surface area contributed by atoms with Crippen LogP contribution in [-0.2, 0) is 4.74 Å². The number of rotatable bonds is 6. The fraction of sp³-hybridized carbons (Fsp3) is 0.462. The Morgan fingerprint density at radius 2 is 2.17 bits per heavy atom. The van der Waals surface area contributed by atoms with E-state index in [0.29, 0.717) is 37.4 Å². The number of amides is 1. The molecule has 1 aromatic carbocycles. The molecule has 1 aromatic rings. The number of ether oxygens (including phenoxy) is 1. The molecular formula is C13H20N2O3. The van der Waals surface area contributed by atoms with E-state index >= 15 is 0 Å². The number of benzene rings is 1. The predicted octanol–water partition coefficient (Wildman–Crippen LogP) is 0.748. The Hall–Kier alpha value is -1.59. The first-order chi connectivity index (χ1) is 8.61. The molecule has 0 fully saturated rings. The van der Waals surface area contributed by atoms with Crippen molar-refractivity contribution in [1.29, 1.82) is 0 Å². The third-order valence-corrected chi connectivity index (χ3v) is 2.79. The van der Waals surface area contributed by atoms with Gasteiger partial charge in [-0.15, -0.1) is 0 Å². The summed E-state index contributed by atoms with van der Waals surface area (Å²) in [4.78, 5) is 13.9. The topological polar surface area (TPSA) is 75.8 Å². The maximum Gasteiger partial charge on any atom is 0.254 e. The van der Waals surface area contributed by atoms with Gasteiger partial charge in [-0.1, -0.05) is 6.07 Å². The summed E-state index contributed by atoms with van der Waals surface area (Å²) in [6.07, 6.45) is 0. The first-order valence-electron chi connectivity index (χ1n) is 5.88. The van der Waals surface area contributed by atoms with Gasteiger partial charge in [-0.05, 0) is 19.1 Å². The number of carbonyl (C=O) groups excluding carboxylic acids is 1. The molecule has 0 radical (unpaired) electrons. The zero-order valence-corrected chi connectivity index (χ0v) is 10.8. The molecule has 0 aliphatic carbocycles. The summed E-state index contributed by atoms with van der Waals surface area (Å²) in [5.74, 6) is -0.00816. The Labute approximate surface area is 107 Å².